The number of nitrogens with one attached hydrogen (secondary N) is 2. The molecule has 0 aromatic heterocycles. The minimum Gasteiger partial charge on any atom is -0.481 e. The predicted molar refractivity (Wildman–Crippen MR) is 66.7 cm³/mol. The van der Waals surface area contributed by atoms with E-state index in [-0.39, 0.29) is 18.0 Å². The van der Waals surface area contributed by atoms with Crippen molar-refractivity contribution in [3.63, 3.8) is 0 Å². The molecule has 0 aliphatic rings. The standard InChI is InChI=1S/C12H24N2O3/c1-7(2)6-13-11(15)10(5)14-9(4)8(3)12(16)17/h7-10,14H,6H2,1-5H3,(H,13,15)(H,16,17). The van der Waals surface area contributed by atoms with Crippen LogP contribution in [0.3, 0.4) is 0 Å². The van der Waals surface area contributed by atoms with Gasteiger partial charge in [-0.25, -0.2) is 0 Å². The Morgan fingerprint density at radius 3 is 2.06 bits per heavy atom. The van der Waals surface area contributed by atoms with E-state index < -0.39 is 11.9 Å². The topological polar surface area (TPSA) is 78.4 Å². The van der Waals surface area contributed by atoms with Gasteiger partial charge < -0.3 is 15.7 Å². The van der Waals surface area contributed by atoms with Gasteiger partial charge >= 0.3 is 5.97 Å². The first-order valence-electron chi connectivity index (χ1n) is 6.02. The summed E-state index contributed by atoms with van der Waals surface area (Å²) in [5.74, 6) is -1.07. The molecule has 1 amide bonds. The molecule has 17 heavy (non-hydrogen) atoms. The van der Waals surface area contributed by atoms with Gasteiger partial charge in [-0.3, -0.25) is 9.59 Å². The SMILES string of the molecule is CC(C)CNC(=O)C(C)NC(C)C(C)C(=O)O. The van der Waals surface area contributed by atoms with Crippen LogP contribution in [0.2, 0.25) is 0 Å². The zero-order valence-electron chi connectivity index (χ0n) is 11.3. The Morgan fingerprint density at radius 1 is 1.12 bits per heavy atom. The van der Waals surface area contributed by atoms with Gasteiger partial charge in [0.05, 0.1) is 12.0 Å². The summed E-state index contributed by atoms with van der Waals surface area (Å²) in [5, 5.41) is 14.6. The maximum absolute atomic E-state index is 11.7. The molecule has 3 unspecified atom stereocenters. The first-order valence-corrected chi connectivity index (χ1v) is 6.02. The average molecular weight is 244 g/mol. The molecule has 0 heterocycles. The Bertz CT molecular complexity index is 266. The van der Waals surface area contributed by atoms with Crippen molar-refractivity contribution in [2.24, 2.45) is 11.8 Å². The van der Waals surface area contributed by atoms with Crippen LogP contribution in [0.15, 0.2) is 0 Å². The molecule has 3 N–H and O–H groups in total. The Morgan fingerprint density at radius 2 is 1.65 bits per heavy atom. The minimum atomic E-state index is -0.861. The second-order valence-corrected chi connectivity index (χ2v) is 4.94. The number of aliphatic carboxylic acids is 1. The Hall–Kier alpha value is -1.10. The molecule has 5 nitrogen and oxygen atoms in total. The zero-order valence-corrected chi connectivity index (χ0v) is 11.3. The van der Waals surface area contributed by atoms with E-state index in [1.807, 2.05) is 13.8 Å². The molecule has 0 rings (SSSR count). The lowest BCUT2D eigenvalue weighted by Crippen LogP contribution is -2.49. The Balaban J connectivity index is 4.11. The first-order chi connectivity index (χ1) is 7.75. The third-order valence-corrected chi connectivity index (χ3v) is 2.73. The highest BCUT2D eigenvalue weighted by atomic mass is 16.4. The molecule has 0 radical (unpaired) electrons. The number of amides is 1. The second-order valence-electron chi connectivity index (χ2n) is 4.94. The summed E-state index contributed by atoms with van der Waals surface area (Å²) < 4.78 is 0. The van der Waals surface area contributed by atoms with Crippen molar-refractivity contribution >= 4 is 11.9 Å². The predicted octanol–water partition coefficient (Wildman–Crippen LogP) is 0.846. The van der Waals surface area contributed by atoms with E-state index in [0.29, 0.717) is 12.5 Å². The number of hydrogen-bond donors (Lipinski definition) is 3. The molecule has 5 heteroatoms. The van der Waals surface area contributed by atoms with Gasteiger partial charge in [-0.05, 0) is 19.8 Å². The lowest BCUT2D eigenvalue weighted by atomic mass is 10.0. The smallest absolute Gasteiger partial charge is 0.307 e. The third kappa shape index (κ3) is 6.26. The van der Waals surface area contributed by atoms with E-state index in [1.165, 1.54) is 0 Å². The molecule has 0 saturated carbocycles. The fourth-order valence-electron chi connectivity index (χ4n) is 1.29. The molecule has 100 valence electrons. The number of carboxylic acid groups (broad SMARTS) is 1. The summed E-state index contributed by atoms with van der Waals surface area (Å²) in [6.07, 6.45) is 0. The number of carbonyl (C=O) groups excluding carboxylic acids is 1. The average Bonchev–Trinajstić information content (AvgIpc) is 2.24. The van der Waals surface area contributed by atoms with Crippen molar-refractivity contribution in [3.8, 4) is 0 Å². The van der Waals surface area contributed by atoms with E-state index in [9.17, 15) is 9.59 Å². The van der Waals surface area contributed by atoms with Crippen LogP contribution in [-0.2, 0) is 9.59 Å². The highest BCUT2D eigenvalue weighted by molar-refractivity contribution is 5.81. The van der Waals surface area contributed by atoms with Gasteiger partial charge in [0, 0.05) is 12.6 Å². The molecule has 0 bridgehead atoms. The fraction of sp³-hybridized carbons (Fsp3) is 0.833. The van der Waals surface area contributed by atoms with Gasteiger partial charge in [0.15, 0.2) is 0 Å². The molecule has 0 aromatic rings. The van der Waals surface area contributed by atoms with Crippen molar-refractivity contribution in [3.05, 3.63) is 0 Å². The zero-order chi connectivity index (χ0) is 13.6. The van der Waals surface area contributed by atoms with E-state index in [2.05, 4.69) is 10.6 Å². The lowest BCUT2D eigenvalue weighted by molar-refractivity contribution is -0.142. The minimum absolute atomic E-state index is 0.0943. The van der Waals surface area contributed by atoms with Crippen molar-refractivity contribution in [1.82, 2.24) is 10.6 Å². The summed E-state index contributed by atoms with van der Waals surface area (Å²) in [4.78, 5) is 22.4. The molecule has 0 aliphatic carbocycles. The monoisotopic (exact) mass is 244 g/mol. The molecule has 0 aliphatic heterocycles. The van der Waals surface area contributed by atoms with Crippen LogP contribution in [-0.4, -0.2) is 35.6 Å². The highest BCUT2D eigenvalue weighted by Gasteiger charge is 2.23. The molecular weight excluding hydrogens is 220 g/mol. The first kappa shape index (κ1) is 15.9. The van der Waals surface area contributed by atoms with Crippen LogP contribution >= 0.6 is 0 Å². The lowest BCUT2D eigenvalue weighted by Gasteiger charge is -2.22. The van der Waals surface area contributed by atoms with Crippen LogP contribution in [0.25, 0.3) is 0 Å². The van der Waals surface area contributed by atoms with Gasteiger partial charge in [0.25, 0.3) is 0 Å². The third-order valence-electron chi connectivity index (χ3n) is 2.73. The van der Waals surface area contributed by atoms with Crippen LogP contribution in [0.4, 0.5) is 0 Å². The molecule has 0 spiro atoms. The van der Waals surface area contributed by atoms with Gasteiger partial charge in [-0.2, -0.15) is 0 Å². The normalized spacial score (nSPS) is 16.4. The van der Waals surface area contributed by atoms with Crippen molar-refractivity contribution in [2.75, 3.05) is 6.54 Å². The molecular formula is C12H24N2O3. The van der Waals surface area contributed by atoms with Crippen LogP contribution in [0.5, 0.6) is 0 Å². The van der Waals surface area contributed by atoms with E-state index in [0.717, 1.165) is 0 Å². The van der Waals surface area contributed by atoms with E-state index in [1.54, 1.807) is 20.8 Å². The molecule has 0 fully saturated rings. The summed E-state index contributed by atoms with van der Waals surface area (Å²) in [6, 6.07) is -0.627. The molecule has 3 atom stereocenters. The van der Waals surface area contributed by atoms with Crippen LogP contribution in [0.1, 0.15) is 34.6 Å². The van der Waals surface area contributed by atoms with Gasteiger partial charge in [0.1, 0.15) is 0 Å². The van der Waals surface area contributed by atoms with Crippen molar-refractivity contribution < 1.29 is 14.7 Å². The second kappa shape index (κ2) is 7.27. The molecule has 0 saturated heterocycles. The van der Waals surface area contributed by atoms with Gasteiger partial charge in [-0.1, -0.05) is 20.8 Å². The van der Waals surface area contributed by atoms with Gasteiger partial charge in [0.2, 0.25) is 5.91 Å². The summed E-state index contributed by atoms with van der Waals surface area (Å²) in [6.45, 7) is 9.80. The fourth-order valence-corrected chi connectivity index (χ4v) is 1.29. The maximum atomic E-state index is 11.7. The summed E-state index contributed by atoms with van der Waals surface area (Å²) in [7, 11) is 0. The Kier molecular flexibility index (Phi) is 6.80. The number of carbonyl (C=O) groups is 2. The van der Waals surface area contributed by atoms with Crippen LogP contribution in [0, 0.1) is 11.8 Å². The largest absolute Gasteiger partial charge is 0.481 e. The van der Waals surface area contributed by atoms with Crippen LogP contribution < -0.4 is 10.6 Å². The van der Waals surface area contributed by atoms with E-state index in [4.69, 9.17) is 5.11 Å². The summed E-state index contributed by atoms with van der Waals surface area (Å²) >= 11 is 0. The van der Waals surface area contributed by atoms with Gasteiger partial charge in [-0.15, -0.1) is 0 Å². The van der Waals surface area contributed by atoms with Crippen molar-refractivity contribution in [1.29, 1.82) is 0 Å². The maximum Gasteiger partial charge on any atom is 0.307 e. The van der Waals surface area contributed by atoms with Crippen molar-refractivity contribution in [2.45, 2.75) is 46.7 Å². The number of hydrogen-bond acceptors (Lipinski definition) is 3. The summed E-state index contributed by atoms with van der Waals surface area (Å²) in [5.41, 5.74) is 0. The number of rotatable bonds is 7. The Labute approximate surface area is 103 Å². The number of carboxylic acids is 1. The quantitative estimate of drug-likeness (QED) is 0.620. The van der Waals surface area contributed by atoms with E-state index >= 15 is 0 Å². The highest BCUT2D eigenvalue weighted by Crippen LogP contribution is 2.03. The molecule has 0 aromatic carbocycles.